The molecule has 0 spiro atoms. The van der Waals surface area contributed by atoms with E-state index in [0.29, 0.717) is 6.61 Å². The maximum Gasteiger partial charge on any atom is 0.320 e. The van der Waals surface area contributed by atoms with Crippen LogP contribution in [0.1, 0.15) is 25.5 Å². The third-order valence-electron chi connectivity index (χ3n) is 4.77. The van der Waals surface area contributed by atoms with Crippen molar-refractivity contribution in [2.45, 2.75) is 25.4 Å². The van der Waals surface area contributed by atoms with Crippen molar-refractivity contribution >= 4 is 34.2 Å². The number of hydrogen-bond donors (Lipinski definition) is 1. The molecule has 138 valence electrons. The Hall–Kier alpha value is -2.05. The Kier molecular flexibility index (Phi) is 5.84. The maximum atomic E-state index is 12.6. The Balaban J connectivity index is 2.22. The number of thioether (sulfide) groups is 1. The van der Waals surface area contributed by atoms with Crippen molar-refractivity contribution in [1.82, 2.24) is 0 Å². The Morgan fingerprint density at radius 3 is 2.73 bits per heavy atom. The summed E-state index contributed by atoms with van der Waals surface area (Å²) in [6.07, 6.45) is 2.03. The minimum absolute atomic E-state index is 0.00866. The number of esters is 1. The van der Waals surface area contributed by atoms with Gasteiger partial charge in [0.05, 0.1) is 19.3 Å². The molecule has 2 aromatic rings. The van der Waals surface area contributed by atoms with E-state index < -0.39 is 5.92 Å². The molecule has 1 aliphatic heterocycles. The lowest BCUT2D eigenvalue weighted by atomic mass is 9.85. The molecule has 3 rings (SSSR count). The summed E-state index contributed by atoms with van der Waals surface area (Å²) in [5.41, 5.74) is 1.85. The molecular weight excluding hydrogens is 348 g/mol. The fourth-order valence-corrected chi connectivity index (χ4v) is 4.21. The number of nitrogens with two attached hydrogens (primary N) is 1. The zero-order chi connectivity index (χ0) is 18.7. The van der Waals surface area contributed by atoms with Crippen molar-refractivity contribution in [3.8, 4) is 5.75 Å². The van der Waals surface area contributed by atoms with Crippen molar-refractivity contribution < 1.29 is 19.6 Å². The van der Waals surface area contributed by atoms with E-state index in [1.54, 1.807) is 11.8 Å². The molecular formula is C20H25N2O3S+. The number of aliphatic imine (C=N–C) groups is 1. The summed E-state index contributed by atoms with van der Waals surface area (Å²) in [5.74, 6) is 0.117. The molecule has 3 atom stereocenters. The summed E-state index contributed by atoms with van der Waals surface area (Å²) < 4.78 is 11.1. The highest BCUT2D eigenvalue weighted by Gasteiger charge is 2.43. The molecule has 5 nitrogen and oxygen atoms in total. The van der Waals surface area contributed by atoms with Gasteiger partial charge < -0.3 is 14.8 Å². The van der Waals surface area contributed by atoms with E-state index in [2.05, 4.69) is 28.5 Å². The SMILES string of the molecule is CCOc1ccc2ccccc2c1[C@@H]1[NH2+][C@@H](SC)N=C(C)[C@H]1C(=O)OC. The van der Waals surface area contributed by atoms with E-state index >= 15 is 0 Å². The van der Waals surface area contributed by atoms with Crippen LogP contribution in [0.2, 0.25) is 0 Å². The van der Waals surface area contributed by atoms with Gasteiger partial charge in [-0.1, -0.05) is 42.1 Å². The number of hydrogen-bond acceptors (Lipinski definition) is 5. The first-order valence-corrected chi connectivity index (χ1v) is 10.0. The summed E-state index contributed by atoms with van der Waals surface area (Å²) in [6.45, 7) is 4.45. The third-order valence-corrected chi connectivity index (χ3v) is 5.52. The van der Waals surface area contributed by atoms with E-state index in [0.717, 1.165) is 27.8 Å². The molecule has 1 heterocycles. The van der Waals surface area contributed by atoms with Gasteiger partial charge in [0.2, 0.25) is 5.50 Å². The van der Waals surface area contributed by atoms with Crippen molar-refractivity contribution in [3.05, 3.63) is 42.0 Å². The second-order valence-corrected chi connectivity index (χ2v) is 7.20. The average molecular weight is 373 g/mol. The van der Waals surface area contributed by atoms with Crippen molar-refractivity contribution in [2.75, 3.05) is 20.0 Å². The number of methoxy groups -OCH3 is 1. The number of ether oxygens (including phenoxy) is 2. The molecule has 0 aromatic heterocycles. The van der Waals surface area contributed by atoms with Gasteiger partial charge in [-0.05, 0) is 36.9 Å². The normalized spacial score (nSPS) is 22.8. The number of benzene rings is 2. The number of carbonyl (C=O) groups excluding carboxylic acids is 1. The van der Waals surface area contributed by atoms with Gasteiger partial charge >= 0.3 is 5.97 Å². The first-order valence-electron chi connectivity index (χ1n) is 8.75. The summed E-state index contributed by atoms with van der Waals surface area (Å²) in [4.78, 5) is 17.3. The average Bonchev–Trinajstić information content (AvgIpc) is 2.66. The highest BCUT2D eigenvalue weighted by molar-refractivity contribution is 7.98. The molecule has 0 fully saturated rings. The molecule has 0 saturated heterocycles. The molecule has 0 unspecified atom stereocenters. The summed E-state index contributed by atoms with van der Waals surface area (Å²) >= 11 is 1.66. The van der Waals surface area contributed by atoms with Crippen LogP contribution < -0.4 is 10.1 Å². The second-order valence-electron chi connectivity index (χ2n) is 6.25. The Bertz CT molecular complexity index is 837. The van der Waals surface area contributed by atoms with Crippen molar-refractivity contribution in [1.29, 1.82) is 0 Å². The highest BCUT2D eigenvalue weighted by atomic mass is 32.2. The molecule has 0 saturated carbocycles. The minimum atomic E-state index is -0.437. The zero-order valence-corrected chi connectivity index (χ0v) is 16.4. The van der Waals surface area contributed by atoms with Crippen molar-refractivity contribution in [3.63, 3.8) is 0 Å². The maximum absolute atomic E-state index is 12.6. The molecule has 0 amide bonds. The van der Waals surface area contributed by atoms with Gasteiger partial charge in [0, 0.05) is 5.71 Å². The van der Waals surface area contributed by atoms with Crippen LogP contribution in [0, 0.1) is 5.92 Å². The molecule has 0 radical (unpaired) electrons. The lowest BCUT2D eigenvalue weighted by molar-refractivity contribution is -0.712. The smallest absolute Gasteiger partial charge is 0.320 e. The standard InChI is InChI=1S/C20H24N2O3S/c1-5-25-15-11-10-13-8-6-7-9-14(13)17(15)18-16(19(23)24-3)12(2)21-20(22-18)26-4/h6-11,16,18,20,22H,5H2,1-4H3/p+1/t16-,18-,20+/m1/s1. The van der Waals surface area contributed by atoms with Crippen LogP contribution >= 0.6 is 11.8 Å². The van der Waals surface area contributed by atoms with Crippen LogP contribution in [0.3, 0.4) is 0 Å². The first-order chi connectivity index (χ1) is 12.6. The molecule has 0 aliphatic carbocycles. The van der Waals surface area contributed by atoms with E-state index in [1.165, 1.54) is 7.11 Å². The monoisotopic (exact) mass is 373 g/mol. The number of quaternary nitrogens is 1. The predicted molar refractivity (Wildman–Crippen MR) is 106 cm³/mol. The quantitative estimate of drug-likeness (QED) is 0.819. The largest absolute Gasteiger partial charge is 0.493 e. The lowest BCUT2D eigenvalue weighted by Crippen LogP contribution is -2.92. The number of fused-ring (bicyclic) bond motifs is 1. The third kappa shape index (κ3) is 3.44. The predicted octanol–water partition coefficient (Wildman–Crippen LogP) is 2.75. The number of nitrogens with zero attached hydrogens (tertiary/aromatic N) is 1. The van der Waals surface area contributed by atoms with E-state index in [-0.39, 0.29) is 17.5 Å². The van der Waals surface area contributed by atoms with Crippen molar-refractivity contribution in [2.24, 2.45) is 10.9 Å². The molecule has 1 aliphatic rings. The van der Waals surface area contributed by atoms with Gasteiger partial charge in [0.25, 0.3) is 0 Å². The van der Waals surface area contributed by atoms with Crippen LogP contribution in [-0.2, 0) is 9.53 Å². The summed E-state index contributed by atoms with van der Waals surface area (Å²) in [7, 11) is 1.43. The van der Waals surface area contributed by atoms with E-state index in [9.17, 15) is 4.79 Å². The first kappa shape index (κ1) is 18.7. The molecule has 26 heavy (non-hydrogen) atoms. The fraction of sp³-hybridized carbons (Fsp3) is 0.400. The second kappa shape index (κ2) is 8.10. The van der Waals surface area contributed by atoms with Gasteiger partial charge in [0.15, 0.2) is 5.92 Å². The topological polar surface area (TPSA) is 64.5 Å². The van der Waals surface area contributed by atoms with Crippen LogP contribution in [-0.4, -0.2) is 37.2 Å². The van der Waals surface area contributed by atoms with Gasteiger partial charge in [0.1, 0.15) is 11.8 Å². The highest BCUT2D eigenvalue weighted by Crippen LogP contribution is 2.37. The number of carbonyl (C=O) groups is 1. The molecule has 0 bridgehead atoms. The van der Waals surface area contributed by atoms with E-state index in [4.69, 9.17) is 9.47 Å². The number of rotatable bonds is 5. The van der Waals surface area contributed by atoms with Crippen LogP contribution in [0.15, 0.2) is 41.4 Å². The molecule has 2 N–H and O–H groups in total. The van der Waals surface area contributed by atoms with Gasteiger partial charge in [-0.15, -0.1) is 0 Å². The van der Waals surface area contributed by atoms with Gasteiger partial charge in [-0.2, -0.15) is 0 Å². The summed E-state index contributed by atoms with van der Waals surface area (Å²) in [5, 5.41) is 4.37. The Morgan fingerprint density at radius 2 is 2.04 bits per heavy atom. The van der Waals surface area contributed by atoms with Gasteiger partial charge in [-0.25, -0.2) is 4.99 Å². The molecule has 2 aromatic carbocycles. The van der Waals surface area contributed by atoms with Crippen LogP contribution in [0.5, 0.6) is 5.75 Å². The summed E-state index contributed by atoms with van der Waals surface area (Å²) in [6, 6.07) is 12.1. The van der Waals surface area contributed by atoms with Crippen LogP contribution in [0.25, 0.3) is 10.8 Å². The molecule has 6 heteroatoms. The fourth-order valence-electron chi connectivity index (χ4n) is 3.61. The zero-order valence-electron chi connectivity index (χ0n) is 15.6. The Morgan fingerprint density at radius 1 is 1.27 bits per heavy atom. The Labute approximate surface area is 158 Å². The van der Waals surface area contributed by atoms with Crippen LogP contribution in [0.4, 0.5) is 0 Å². The lowest BCUT2D eigenvalue weighted by Gasteiger charge is -2.32. The minimum Gasteiger partial charge on any atom is -0.493 e. The van der Waals surface area contributed by atoms with E-state index in [1.807, 2.05) is 38.3 Å². The van der Waals surface area contributed by atoms with Gasteiger partial charge in [-0.3, -0.25) is 4.79 Å².